The van der Waals surface area contributed by atoms with Crippen molar-refractivity contribution in [3.05, 3.63) is 35.4 Å². The van der Waals surface area contributed by atoms with Crippen LogP contribution in [0.5, 0.6) is 0 Å². The molecule has 116 valence electrons. The third-order valence-electron chi connectivity index (χ3n) is 4.52. The second-order valence-electron chi connectivity index (χ2n) is 5.97. The second kappa shape index (κ2) is 7.36. The third kappa shape index (κ3) is 3.83. The molecular weight excluding hydrogens is 264 g/mol. The minimum absolute atomic E-state index is 0.233. The van der Waals surface area contributed by atoms with Crippen molar-refractivity contribution >= 4 is 0 Å². The van der Waals surface area contributed by atoms with E-state index in [0.29, 0.717) is 19.3 Å². The average Bonchev–Trinajstić information content (AvgIpc) is 2.55. The van der Waals surface area contributed by atoms with Crippen molar-refractivity contribution in [3.63, 3.8) is 0 Å². The van der Waals surface area contributed by atoms with Crippen molar-refractivity contribution in [2.45, 2.75) is 31.5 Å². The summed E-state index contributed by atoms with van der Waals surface area (Å²) in [5.41, 5.74) is 8.32. The Labute approximate surface area is 127 Å². The van der Waals surface area contributed by atoms with Gasteiger partial charge in [0.05, 0.1) is 25.4 Å². The van der Waals surface area contributed by atoms with Gasteiger partial charge in [0.15, 0.2) is 0 Å². The van der Waals surface area contributed by atoms with E-state index >= 15 is 0 Å². The van der Waals surface area contributed by atoms with Crippen LogP contribution in [0.2, 0.25) is 0 Å². The zero-order valence-corrected chi connectivity index (χ0v) is 12.7. The van der Waals surface area contributed by atoms with Gasteiger partial charge in [0, 0.05) is 26.2 Å². The second-order valence-corrected chi connectivity index (χ2v) is 5.97. The van der Waals surface area contributed by atoms with Crippen molar-refractivity contribution in [2.75, 3.05) is 39.4 Å². The Bertz CT molecular complexity index is 444. The number of hydrogen-bond acceptors (Lipinski definition) is 4. The summed E-state index contributed by atoms with van der Waals surface area (Å²) in [7, 11) is 0. The molecule has 0 aliphatic carbocycles. The molecule has 1 aromatic carbocycles. The zero-order chi connectivity index (χ0) is 14.5. The van der Waals surface area contributed by atoms with E-state index in [4.69, 9.17) is 15.2 Å². The van der Waals surface area contributed by atoms with Crippen LogP contribution in [0.25, 0.3) is 0 Å². The van der Waals surface area contributed by atoms with Crippen molar-refractivity contribution in [2.24, 2.45) is 5.73 Å². The maximum atomic E-state index is 6.01. The molecule has 21 heavy (non-hydrogen) atoms. The Balaban J connectivity index is 1.52. The first-order valence-electron chi connectivity index (χ1n) is 8.10. The molecule has 0 radical (unpaired) electrons. The summed E-state index contributed by atoms with van der Waals surface area (Å²) < 4.78 is 11.8. The van der Waals surface area contributed by atoms with Gasteiger partial charge in [-0.25, -0.2) is 0 Å². The number of benzene rings is 1. The molecule has 1 saturated heterocycles. The van der Waals surface area contributed by atoms with Gasteiger partial charge in [0.2, 0.25) is 0 Å². The van der Waals surface area contributed by atoms with Gasteiger partial charge in [0.1, 0.15) is 0 Å². The lowest BCUT2D eigenvalue weighted by Crippen LogP contribution is -2.40. The van der Waals surface area contributed by atoms with Gasteiger partial charge in [-0.1, -0.05) is 24.3 Å². The zero-order valence-electron chi connectivity index (χ0n) is 12.7. The Morgan fingerprint density at radius 3 is 2.86 bits per heavy atom. The highest BCUT2D eigenvalue weighted by molar-refractivity contribution is 5.31. The Hall–Kier alpha value is -0.940. The highest BCUT2D eigenvalue weighted by Gasteiger charge is 2.26. The number of nitrogens with two attached hydrogens (primary N) is 1. The lowest BCUT2D eigenvalue weighted by Gasteiger charge is -2.35. The quantitative estimate of drug-likeness (QED) is 0.897. The molecule has 3 rings (SSSR count). The van der Waals surface area contributed by atoms with Gasteiger partial charge in [-0.3, -0.25) is 0 Å². The summed E-state index contributed by atoms with van der Waals surface area (Å²) in [6, 6.07) is 8.70. The van der Waals surface area contributed by atoms with Gasteiger partial charge in [-0.15, -0.1) is 0 Å². The normalized spacial score (nSPS) is 24.0. The fourth-order valence-electron chi connectivity index (χ4n) is 3.36. The smallest absolute Gasteiger partial charge is 0.0954 e. The largest absolute Gasteiger partial charge is 0.377 e. The first kappa shape index (κ1) is 15.0. The first-order valence-corrected chi connectivity index (χ1v) is 8.10. The van der Waals surface area contributed by atoms with Crippen LogP contribution >= 0.6 is 0 Å². The van der Waals surface area contributed by atoms with E-state index in [2.05, 4.69) is 29.2 Å². The summed E-state index contributed by atoms with van der Waals surface area (Å²) in [5.74, 6) is 0. The molecule has 0 amide bonds. The van der Waals surface area contributed by atoms with E-state index in [1.54, 1.807) is 0 Å². The molecule has 2 aliphatic heterocycles. The average molecular weight is 290 g/mol. The fraction of sp³-hybridized carbons (Fsp3) is 0.647. The maximum absolute atomic E-state index is 6.01. The van der Waals surface area contributed by atoms with Gasteiger partial charge >= 0.3 is 0 Å². The fourth-order valence-corrected chi connectivity index (χ4v) is 3.36. The van der Waals surface area contributed by atoms with Gasteiger partial charge in [0.25, 0.3) is 0 Å². The highest BCUT2D eigenvalue weighted by Crippen LogP contribution is 2.28. The summed E-state index contributed by atoms with van der Waals surface area (Å²) in [4.78, 5) is 2.51. The lowest BCUT2D eigenvalue weighted by atomic mass is 9.96. The summed E-state index contributed by atoms with van der Waals surface area (Å²) in [6.07, 6.45) is 3.88. The topological polar surface area (TPSA) is 47.7 Å². The van der Waals surface area contributed by atoms with E-state index < -0.39 is 0 Å². The van der Waals surface area contributed by atoms with Crippen LogP contribution in [-0.2, 0) is 15.9 Å². The molecule has 1 fully saturated rings. The number of piperidine rings is 1. The molecule has 2 aliphatic rings. The highest BCUT2D eigenvalue weighted by atomic mass is 16.5. The van der Waals surface area contributed by atoms with Gasteiger partial charge in [-0.2, -0.15) is 0 Å². The number of nitrogens with zero attached hydrogens (tertiary/aromatic N) is 1. The number of likely N-dealkylation sites (tertiary alicyclic amines) is 1. The Morgan fingerprint density at radius 2 is 2.05 bits per heavy atom. The van der Waals surface area contributed by atoms with Crippen LogP contribution in [-0.4, -0.2) is 50.4 Å². The van der Waals surface area contributed by atoms with E-state index in [0.717, 1.165) is 45.5 Å². The van der Waals surface area contributed by atoms with Crippen molar-refractivity contribution < 1.29 is 9.47 Å². The van der Waals surface area contributed by atoms with Gasteiger partial charge < -0.3 is 20.1 Å². The van der Waals surface area contributed by atoms with E-state index in [-0.39, 0.29) is 6.10 Å². The number of fused-ring (bicyclic) bond motifs is 1. The number of rotatable bonds is 5. The van der Waals surface area contributed by atoms with Crippen LogP contribution in [0.1, 0.15) is 30.1 Å². The number of hydrogen-bond donors (Lipinski definition) is 1. The van der Waals surface area contributed by atoms with Crippen molar-refractivity contribution in [1.29, 1.82) is 0 Å². The Morgan fingerprint density at radius 1 is 1.24 bits per heavy atom. The molecule has 0 saturated carbocycles. The molecule has 0 bridgehead atoms. The number of ether oxygens (including phenoxy) is 2. The van der Waals surface area contributed by atoms with Crippen LogP contribution < -0.4 is 5.73 Å². The molecule has 4 nitrogen and oxygen atoms in total. The minimum atomic E-state index is 0.233. The molecule has 2 N–H and O–H groups in total. The van der Waals surface area contributed by atoms with E-state index in [1.165, 1.54) is 11.1 Å². The SMILES string of the molecule is NCCOC1CCN(CC2OCCc3ccccc32)CC1. The van der Waals surface area contributed by atoms with Crippen molar-refractivity contribution in [1.82, 2.24) is 4.90 Å². The maximum Gasteiger partial charge on any atom is 0.0954 e. The predicted molar refractivity (Wildman–Crippen MR) is 83.3 cm³/mol. The first-order chi connectivity index (χ1) is 10.4. The van der Waals surface area contributed by atoms with Gasteiger partial charge in [-0.05, 0) is 30.4 Å². The summed E-state index contributed by atoms with van der Waals surface area (Å²) in [5, 5.41) is 0. The van der Waals surface area contributed by atoms with E-state index in [1.807, 2.05) is 0 Å². The molecule has 2 heterocycles. The van der Waals surface area contributed by atoms with Crippen molar-refractivity contribution in [3.8, 4) is 0 Å². The monoisotopic (exact) mass is 290 g/mol. The summed E-state index contributed by atoms with van der Waals surface area (Å²) >= 11 is 0. The standard InChI is InChI=1S/C17H26N2O2/c18-8-12-20-15-5-9-19(10-6-15)13-17-16-4-2-1-3-14(16)7-11-21-17/h1-4,15,17H,5-13,18H2. The van der Waals surface area contributed by atoms with Crippen LogP contribution in [0.4, 0.5) is 0 Å². The van der Waals surface area contributed by atoms with E-state index in [9.17, 15) is 0 Å². The van der Waals surface area contributed by atoms with Crippen LogP contribution in [0.15, 0.2) is 24.3 Å². The predicted octanol–water partition coefficient (Wildman–Crippen LogP) is 1.74. The lowest BCUT2D eigenvalue weighted by molar-refractivity contribution is -0.0187. The molecule has 1 atom stereocenters. The minimum Gasteiger partial charge on any atom is -0.377 e. The molecule has 1 aromatic rings. The van der Waals surface area contributed by atoms with Crippen LogP contribution in [0.3, 0.4) is 0 Å². The molecular formula is C17H26N2O2. The molecule has 0 aromatic heterocycles. The molecule has 0 spiro atoms. The molecule has 4 heteroatoms. The summed E-state index contributed by atoms with van der Waals surface area (Å²) in [6.45, 7) is 5.34. The third-order valence-corrected chi connectivity index (χ3v) is 4.52. The van der Waals surface area contributed by atoms with Crippen LogP contribution in [0, 0.1) is 0 Å². The molecule has 1 unspecified atom stereocenters. The Kier molecular flexibility index (Phi) is 5.25.